The molecule has 0 saturated carbocycles. The van der Waals surface area contributed by atoms with E-state index in [4.69, 9.17) is 11.6 Å². The Bertz CT molecular complexity index is 807. The van der Waals surface area contributed by atoms with Crippen LogP contribution in [0.3, 0.4) is 0 Å². The van der Waals surface area contributed by atoms with E-state index in [1.54, 1.807) is 0 Å². The predicted molar refractivity (Wildman–Crippen MR) is 95.5 cm³/mol. The maximum absolute atomic E-state index is 6.15. The van der Waals surface area contributed by atoms with Gasteiger partial charge in [-0.2, -0.15) is 21.4 Å². The predicted octanol–water partition coefficient (Wildman–Crippen LogP) is 4.65. The number of thioether (sulfide) groups is 1. The van der Waals surface area contributed by atoms with Crippen LogP contribution in [0.5, 0.6) is 0 Å². The zero-order valence-corrected chi connectivity index (χ0v) is 14.6. The van der Waals surface area contributed by atoms with Crippen LogP contribution >= 0.6 is 34.7 Å². The Morgan fingerprint density at radius 1 is 1.27 bits per heavy atom. The Morgan fingerprint density at radius 3 is 2.86 bits per heavy atom. The molecule has 0 atom stereocenters. The van der Waals surface area contributed by atoms with Crippen molar-refractivity contribution in [2.75, 3.05) is 0 Å². The third-order valence-corrected chi connectivity index (χ3v) is 5.23. The molecular formula is C15H15ClN4S2. The van der Waals surface area contributed by atoms with Gasteiger partial charge in [-0.25, -0.2) is 0 Å². The summed E-state index contributed by atoms with van der Waals surface area (Å²) in [5.41, 5.74) is 0.978. The molecule has 0 unspecified atom stereocenters. The summed E-state index contributed by atoms with van der Waals surface area (Å²) in [5, 5.41) is 15.1. The van der Waals surface area contributed by atoms with E-state index < -0.39 is 0 Å². The summed E-state index contributed by atoms with van der Waals surface area (Å²) in [5.74, 6) is 1.71. The van der Waals surface area contributed by atoms with Crippen LogP contribution in [0.15, 0.2) is 24.3 Å². The molecule has 7 heteroatoms. The highest BCUT2D eigenvalue weighted by Crippen LogP contribution is 2.22. The average Bonchev–Trinajstić information content (AvgIpc) is 3.04. The molecule has 0 aliphatic carbocycles. The lowest BCUT2D eigenvalue weighted by atomic mass is 10.2. The molecule has 114 valence electrons. The second kappa shape index (κ2) is 6.81. The van der Waals surface area contributed by atoms with Crippen LogP contribution in [0.4, 0.5) is 0 Å². The molecule has 0 aliphatic rings. The summed E-state index contributed by atoms with van der Waals surface area (Å²) in [7, 11) is 0. The standard InChI is InChI=1S/C15H15ClN4S2/c1-10(2)21-9-13-17-18-15-20(13)19-14(22-15)8-7-11-5-3-4-6-12(11)16/h3-8,10H,9H2,1-2H3/b8-7+. The topological polar surface area (TPSA) is 43.1 Å². The Kier molecular flexibility index (Phi) is 4.81. The molecule has 1 aromatic carbocycles. The maximum Gasteiger partial charge on any atom is 0.234 e. The van der Waals surface area contributed by atoms with E-state index in [-0.39, 0.29) is 0 Å². The van der Waals surface area contributed by atoms with Crippen molar-refractivity contribution in [2.45, 2.75) is 24.9 Å². The number of hydrogen-bond donors (Lipinski definition) is 0. The van der Waals surface area contributed by atoms with E-state index >= 15 is 0 Å². The van der Waals surface area contributed by atoms with Crippen molar-refractivity contribution in [1.29, 1.82) is 0 Å². The van der Waals surface area contributed by atoms with Crippen LogP contribution in [0.2, 0.25) is 5.02 Å². The van der Waals surface area contributed by atoms with Gasteiger partial charge in [-0.05, 0) is 23.0 Å². The Labute approximate surface area is 142 Å². The number of fused-ring (bicyclic) bond motifs is 1. The van der Waals surface area contributed by atoms with Crippen LogP contribution in [-0.4, -0.2) is 25.1 Å². The molecule has 0 bridgehead atoms. The van der Waals surface area contributed by atoms with Crippen molar-refractivity contribution in [3.8, 4) is 0 Å². The highest BCUT2D eigenvalue weighted by molar-refractivity contribution is 7.99. The Hall–Kier alpha value is -1.37. The number of rotatable bonds is 5. The molecule has 22 heavy (non-hydrogen) atoms. The van der Waals surface area contributed by atoms with E-state index in [9.17, 15) is 0 Å². The van der Waals surface area contributed by atoms with Crippen molar-refractivity contribution in [1.82, 2.24) is 19.8 Å². The first kappa shape index (κ1) is 15.5. The zero-order valence-electron chi connectivity index (χ0n) is 12.2. The first-order valence-corrected chi connectivity index (χ1v) is 9.13. The first-order valence-electron chi connectivity index (χ1n) is 6.89. The minimum Gasteiger partial charge on any atom is -0.186 e. The van der Waals surface area contributed by atoms with Crippen LogP contribution in [0.25, 0.3) is 17.1 Å². The smallest absolute Gasteiger partial charge is 0.186 e. The number of halogens is 1. The van der Waals surface area contributed by atoms with E-state index in [1.807, 2.05) is 52.7 Å². The number of aromatic nitrogens is 4. The summed E-state index contributed by atoms with van der Waals surface area (Å²) < 4.78 is 1.83. The van der Waals surface area contributed by atoms with Crippen molar-refractivity contribution in [3.63, 3.8) is 0 Å². The van der Waals surface area contributed by atoms with E-state index in [2.05, 4.69) is 29.1 Å². The molecule has 2 aromatic heterocycles. The molecule has 2 heterocycles. The number of nitrogens with zero attached hydrogens (tertiary/aromatic N) is 4. The fourth-order valence-corrected chi connectivity index (χ4v) is 3.46. The Balaban J connectivity index is 1.82. The summed E-state index contributed by atoms with van der Waals surface area (Å²) in [6, 6.07) is 7.73. The zero-order chi connectivity index (χ0) is 15.5. The van der Waals surface area contributed by atoms with Gasteiger partial charge in [0.05, 0.1) is 5.75 Å². The monoisotopic (exact) mass is 350 g/mol. The van der Waals surface area contributed by atoms with Gasteiger partial charge >= 0.3 is 0 Å². The Morgan fingerprint density at radius 2 is 2.09 bits per heavy atom. The fraction of sp³-hybridized carbons (Fsp3) is 0.267. The van der Waals surface area contributed by atoms with Crippen LogP contribution in [-0.2, 0) is 5.75 Å². The van der Waals surface area contributed by atoms with Crippen LogP contribution < -0.4 is 0 Å². The average molecular weight is 351 g/mol. The summed E-state index contributed by atoms with van der Waals surface area (Å²) in [4.78, 5) is 0.818. The van der Waals surface area contributed by atoms with Gasteiger partial charge < -0.3 is 0 Å². The van der Waals surface area contributed by atoms with Gasteiger partial charge in [-0.3, -0.25) is 0 Å². The van der Waals surface area contributed by atoms with Gasteiger partial charge in [0, 0.05) is 5.02 Å². The molecule has 0 saturated heterocycles. The molecule has 3 rings (SSSR count). The quantitative estimate of drug-likeness (QED) is 0.671. The molecule has 4 nitrogen and oxygen atoms in total. The summed E-state index contributed by atoms with van der Waals surface area (Å²) >= 11 is 9.49. The molecule has 0 radical (unpaired) electrons. The molecule has 0 N–H and O–H groups in total. The van der Waals surface area contributed by atoms with E-state index in [0.29, 0.717) is 5.25 Å². The molecular weight excluding hydrogens is 336 g/mol. The lowest BCUT2D eigenvalue weighted by molar-refractivity contribution is 0.878. The minimum absolute atomic E-state index is 0.561. The second-order valence-corrected chi connectivity index (χ2v) is 7.93. The van der Waals surface area contributed by atoms with Gasteiger partial charge in [0.25, 0.3) is 0 Å². The largest absolute Gasteiger partial charge is 0.234 e. The highest BCUT2D eigenvalue weighted by Gasteiger charge is 2.11. The summed E-state index contributed by atoms with van der Waals surface area (Å²) in [6.45, 7) is 4.34. The van der Waals surface area contributed by atoms with E-state index in [1.165, 1.54) is 11.3 Å². The summed E-state index contributed by atoms with van der Waals surface area (Å²) in [6.07, 6.45) is 3.93. The first-order chi connectivity index (χ1) is 10.6. The lowest BCUT2D eigenvalue weighted by Crippen LogP contribution is -1.96. The van der Waals surface area contributed by atoms with Crippen LogP contribution in [0.1, 0.15) is 30.2 Å². The van der Waals surface area contributed by atoms with Crippen molar-refractivity contribution < 1.29 is 0 Å². The SMILES string of the molecule is CC(C)SCc1nnc2sc(/C=C/c3ccccc3Cl)nn12. The maximum atomic E-state index is 6.15. The molecule has 0 fully saturated rings. The van der Waals surface area contributed by atoms with Gasteiger partial charge in [0.15, 0.2) is 5.82 Å². The molecule has 0 spiro atoms. The third kappa shape index (κ3) is 3.51. The third-order valence-electron chi connectivity index (χ3n) is 2.93. The highest BCUT2D eigenvalue weighted by atomic mass is 35.5. The van der Waals surface area contributed by atoms with Crippen molar-refractivity contribution in [3.05, 3.63) is 45.7 Å². The molecule has 3 aromatic rings. The van der Waals surface area contributed by atoms with Gasteiger partial charge in [-0.1, -0.05) is 61.1 Å². The normalized spacial score (nSPS) is 12.0. The van der Waals surface area contributed by atoms with Crippen molar-refractivity contribution >= 4 is 51.8 Å². The van der Waals surface area contributed by atoms with Gasteiger partial charge in [0.1, 0.15) is 5.01 Å². The second-order valence-electron chi connectivity index (χ2n) is 4.97. The number of benzene rings is 1. The molecule has 0 amide bonds. The molecule has 0 aliphatic heterocycles. The lowest BCUT2D eigenvalue weighted by Gasteiger charge is -2.00. The number of hydrogen-bond acceptors (Lipinski definition) is 5. The minimum atomic E-state index is 0.561. The van der Waals surface area contributed by atoms with E-state index in [0.717, 1.165) is 32.1 Å². The fourth-order valence-electron chi connectivity index (χ4n) is 1.84. The van der Waals surface area contributed by atoms with Gasteiger partial charge in [-0.15, -0.1) is 10.2 Å². The van der Waals surface area contributed by atoms with Crippen molar-refractivity contribution in [2.24, 2.45) is 0 Å². The van der Waals surface area contributed by atoms with Gasteiger partial charge in [0.2, 0.25) is 4.96 Å². The van der Waals surface area contributed by atoms with Crippen LogP contribution in [0, 0.1) is 0 Å².